The van der Waals surface area contributed by atoms with Crippen LogP contribution in [0.2, 0.25) is 0 Å². The molecule has 0 N–H and O–H groups in total. The minimum absolute atomic E-state index is 0.00812. The van der Waals surface area contributed by atoms with Crippen LogP contribution in [0.1, 0.15) is 19.3 Å². The molecule has 0 saturated carbocycles. The summed E-state index contributed by atoms with van der Waals surface area (Å²) in [6.45, 7) is 1.93. The van der Waals surface area contributed by atoms with Crippen molar-refractivity contribution in [3.63, 3.8) is 0 Å². The van der Waals surface area contributed by atoms with E-state index in [1.54, 1.807) is 7.11 Å². The second-order valence-electron chi connectivity index (χ2n) is 5.44. The van der Waals surface area contributed by atoms with Gasteiger partial charge < -0.3 is 9.47 Å². The maximum absolute atomic E-state index is 11.7. The molecule has 0 aromatic carbocycles. The molecule has 1 unspecified atom stereocenters. The predicted molar refractivity (Wildman–Crippen MR) is 88.7 cm³/mol. The quantitative estimate of drug-likeness (QED) is 0.391. The first-order valence-corrected chi connectivity index (χ1v) is 10.9. The lowest BCUT2D eigenvalue weighted by molar-refractivity contribution is 0.0629. The summed E-state index contributed by atoms with van der Waals surface area (Å²) in [4.78, 5) is 0. The third-order valence-corrected chi connectivity index (χ3v) is 8.03. The van der Waals surface area contributed by atoms with Crippen LogP contribution in [-0.2, 0) is 19.3 Å². The third kappa shape index (κ3) is 5.55. The van der Waals surface area contributed by atoms with Crippen LogP contribution in [0.3, 0.4) is 0 Å². The first-order chi connectivity index (χ1) is 9.49. The number of hydrogen-bond donors (Lipinski definition) is 0. The van der Waals surface area contributed by atoms with Crippen molar-refractivity contribution in [2.75, 3.05) is 49.1 Å². The van der Waals surface area contributed by atoms with Crippen LogP contribution in [-0.4, -0.2) is 57.5 Å². The zero-order valence-corrected chi connectivity index (χ0v) is 15.9. The fourth-order valence-corrected chi connectivity index (χ4v) is 6.99. The van der Waals surface area contributed by atoms with Crippen molar-refractivity contribution >= 4 is 41.7 Å². The molecule has 1 aliphatic rings. The average molecular weight is 436 g/mol. The second-order valence-corrected chi connectivity index (χ2v) is 8.79. The molecule has 20 heavy (non-hydrogen) atoms. The molecule has 1 rings (SSSR count). The predicted octanol–water partition coefficient (Wildman–Crippen LogP) is 2.64. The van der Waals surface area contributed by atoms with Gasteiger partial charge in [0, 0.05) is 24.4 Å². The molecule has 0 amide bonds. The summed E-state index contributed by atoms with van der Waals surface area (Å²) in [5.74, 6) is 0.906. The van der Waals surface area contributed by atoms with E-state index in [9.17, 15) is 8.42 Å². The Balaban J connectivity index is 2.46. The molecule has 1 aliphatic heterocycles. The van der Waals surface area contributed by atoms with Crippen LogP contribution in [0.4, 0.5) is 0 Å². The lowest BCUT2D eigenvalue weighted by Crippen LogP contribution is -2.35. The number of alkyl halides is 2. The fourth-order valence-electron chi connectivity index (χ4n) is 2.64. The summed E-state index contributed by atoms with van der Waals surface area (Å²) in [6.07, 6.45) is 2.69. The van der Waals surface area contributed by atoms with E-state index < -0.39 is 9.84 Å². The average Bonchev–Trinajstić information content (AvgIpc) is 2.79. The SMILES string of the molecule is COCCOCCCC(CBr)(CBr)C1CCS(=O)(=O)C1. The van der Waals surface area contributed by atoms with Crippen LogP contribution >= 0.6 is 31.9 Å². The number of hydrogen-bond acceptors (Lipinski definition) is 4. The molecule has 1 heterocycles. The Morgan fingerprint density at radius 3 is 2.40 bits per heavy atom. The van der Waals surface area contributed by atoms with Crippen LogP contribution in [0.5, 0.6) is 0 Å². The molecule has 1 atom stereocenters. The molecule has 0 radical (unpaired) electrons. The Morgan fingerprint density at radius 2 is 1.90 bits per heavy atom. The van der Waals surface area contributed by atoms with Crippen molar-refractivity contribution in [3.8, 4) is 0 Å². The standard InChI is InChI=1S/C13H24Br2O4S/c1-18-6-7-19-5-2-4-13(10-14,11-15)12-3-8-20(16,17)9-12/h12H,2-11H2,1H3. The van der Waals surface area contributed by atoms with E-state index >= 15 is 0 Å². The van der Waals surface area contributed by atoms with E-state index in [1.165, 1.54) is 0 Å². The summed E-state index contributed by atoms with van der Waals surface area (Å²) in [6, 6.07) is 0. The van der Waals surface area contributed by atoms with Gasteiger partial charge >= 0.3 is 0 Å². The Bertz CT molecular complexity index is 369. The summed E-state index contributed by atoms with van der Waals surface area (Å²) in [7, 11) is -1.17. The van der Waals surface area contributed by atoms with Crippen molar-refractivity contribution < 1.29 is 17.9 Å². The molecule has 120 valence electrons. The lowest BCUT2D eigenvalue weighted by atomic mass is 9.75. The highest BCUT2D eigenvalue weighted by Crippen LogP contribution is 2.42. The lowest BCUT2D eigenvalue weighted by Gasteiger charge is -2.35. The van der Waals surface area contributed by atoms with Crippen LogP contribution in [0, 0.1) is 11.3 Å². The topological polar surface area (TPSA) is 52.6 Å². The first kappa shape index (κ1) is 18.9. The highest BCUT2D eigenvalue weighted by molar-refractivity contribution is 9.09. The number of ether oxygens (including phenoxy) is 2. The van der Waals surface area contributed by atoms with Gasteiger partial charge in [-0.2, -0.15) is 0 Å². The van der Waals surface area contributed by atoms with Gasteiger partial charge in [0.15, 0.2) is 9.84 Å². The monoisotopic (exact) mass is 434 g/mol. The normalized spacial score (nSPS) is 22.2. The molecule has 0 bridgehead atoms. The molecule has 4 nitrogen and oxygen atoms in total. The Hall–Kier alpha value is 0.830. The Kier molecular flexibility index (Phi) is 8.57. The highest BCUT2D eigenvalue weighted by Gasteiger charge is 2.42. The summed E-state index contributed by atoms with van der Waals surface area (Å²) < 4.78 is 33.8. The largest absolute Gasteiger partial charge is 0.382 e. The van der Waals surface area contributed by atoms with E-state index in [1.807, 2.05) is 0 Å². The van der Waals surface area contributed by atoms with Gasteiger partial charge in [0.2, 0.25) is 0 Å². The van der Waals surface area contributed by atoms with Gasteiger partial charge in [-0.05, 0) is 30.6 Å². The molecular weight excluding hydrogens is 412 g/mol. The van der Waals surface area contributed by atoms with Crippen LogP contribution < -0.4 is 0 Å². The van der Waals surface area contributed by atoms with Gasteiger partial charge in [0.25, 0.3) is 0 Å². The van der Waals surface area contributed by atoms with Crippen molar-refractivity contribution in [2.45, 2.75) is 19.3 Å². The summed E-state index contributed by atoms with van der Waals surface area (Å²) in [5.41, 5.74) is 0.00812. The maximum atomic E-state index is 11.7. The van der Waals surface area contributed by atoms with Gasteiger partial charge in [0.1, 0.15) is 0 Å². The van der Waals surface area contributed by atoms with Crippen molar-refractivity contribution in [1.29, 1.82) is 0 Å². The molecular formula is C13H24Br2O4S. The van der Waals surface area contributed by atoms with Crippen molar-refractivity contribution in [2.24, 2.45) is 11.3 Å². The van der Waals surface area contributed by atoms with Gasteiger partial charge in [-0.3, -0.25) is 0 Å². The zero-order valence-electron chi connectivity index (χ0n) is 11.9. The number of sulfone groups is 1. The Morgan fingerprint density at radius 1 is 1.20 bits per heavy atom. The number of rotatable bonds is 10. The van der Waals surface area contributed by atoms with E-state index in [0.717, 1.165) is 29.9 Å². The van der Waals surface area contributed by atoms with Crippen LogP contribution in [0.15, 0.2) is 0 Å². The van der Waals surface area contributed by atoms with E-state index in [2.05, 4.69) is 31.9 Å². The zero-order chi connectivity index (χ0) is 15.1. The maximum Gasteiger partial charge on any atom is 0.150 e. The van der Waals surface area contributed by atoms with Gasteiger partial charge in [-0.1, -0.05) is 31.9 Å². The van der Waals surface area contributed by atoms with Crippen LogP contribution in [0.25, 0.3) is 0 Å². The first-order valence-electron chi connectivity index (χ1n) is 6.89. The molecule has 0 aliphatic carbocycles. The smallest absolute Gasteiger partial charge is 0.150 e. The summed E-state index contributed by atoms with van der Waals surface area (Å²) in [5, 5.41) is 1.65. The minimum atomic E-state index is -2.83. The molecule has 1 fully saturated rings. The van der Waals surface area contributed by atoms with Gasteiger partial charge in [-0.15, -0.1) is 0 Å². The Labute approximate surface area is 139 Å². The van der Waals surface area contributed by atoms with Gasteiger partial charge in [-0.25, -0.2) is 8.42 Å². The minimum Gasteiger partial charge on any atom is -0.382 e. The molecule has 0 aromatic heterocycles. The van der Waals surface area contributed by atoms with Crippen molar-refractivity contribution in [1.82, 2.24) is 0 Å². The fraction of sp³-hybridized carbons (Fsp3) is 1.00. The highest BCUT2D eigenvalue weighted by atomic mass is 79.9. The number of halogens is 2. The summed E-state index contributed by atoms with van der Waals surface area (Å²) >= 11 is 7.18. The molecule has 0 aromatic rings. The third-order valence-electron chi connectivity index (χ3n) is 4.03. The second kappa shape index (κ2) is 9.08. The molecule has 0 spiro atoms. The van der Waals surface area contributed by atoms with E-state index in [4.69, 9.17) is 9.47 Å². The van der Waals surface area contributed by atoms with Gasteiger partial charge in [0.05, 0.1) is 24.7 Å². The van der Waals surface area contributed by atoms with E-state index in [-0.39, 0.29) is 11.3 Å². The number of methoxy groups -OCH3 is 1. The van der Waals surface area contributed by atoms with E-state index in [0.29, 0.717) is 31.3 Å². The molecule has 1 saturated heterocycles. The molecule has 7 heteroatoms. The van der Waals surface area contributed by atoms with Crippen molar-refractivity contribution in [3.05, 3.63) is 0 Å².